The standard InChI is InChI=1S/C11H18N2O2/c1-3-13(11(14)9(2)7-12)8-10-5-4-6-15-10/h9-10H,3-6,8H2,1-2H3. The number of nitrogens with zero attached hydrogens (tertiary/aromatic N) is 2. The Morgan fingerprint density at radius 1 is 1.73 bits per heavy atom. The van der Waals surface area contributed by atoms with Gasteiger partial charge in [-0.05, 0) is 26.7 Å². The summed E-state index contributed by atoms with van der Waals surface area (Å²) < 4.78 is 5.47. The molecule has 0 aromatic carbocycles. The molecule has 2 atom stereocenters. The van der Waals surface area contributed by atoms with Crippen molar-refractivity contribution in [3.8, 4) is 6.07 Å². The van der Waals surface area contributed by atoms with Crippen LogP contribution in [0.5, 0.6) is 0 Å². The molecule has 0 N–H and O–H groups in total. The number of amides is 1. The zero-order valence-corrected chi connectivity index (χ0v) is 9.40. The topological polar surface area (TPSA) is 53.3 Å². The lowest BCUT2D eigenvalue weighted by Crippen LogP contribution is -2.39. The molecular weight excluding hydrogens is 192 g/mol. The first-order valence-corrected chi connectivity index (χ1v) is 5.49. The van der Waals surface area contributed by atoms with Gasteiger partial charge in [0, 0.05) is 19.7 Å². The molecule has 1 aliphatic heterocycles. The molecule has 0 saturated carbocycles. The van der Waals surface area contributed by atoms with Crippen LogP contribution < -0.4 is 0 Å². The van der Waals surface area contributed by atoms with Crippen LogP contribution in [0.4, 0.5) is 0 Å². The molecule has 1 aliphatic rings. The lowest BCUT2D eigenvalue weighted by Gasteiger charge is -2.24. The highest BCUT2D eigenvalue weighted by atomic mass is 16.5. The molecule has 4 heteroatoms. The molecule has 1 rings (SSSR count). The number of hydrogen-bond donors (Lipinski definition) is 0. The molecule has 0 bridgehead atoms. The van der Waals surface area contributed by atoms with Gasteiger partial charge in [0.1, 0.15) is 5.92 Å². The number of ether oxygens (including phenoxy) is 1. The molecule has 0 aromatic rings. The fraction of sp³-hybridized carbons (Fsp3) is 0.818. The van der Waals surface area contributed by atoms with Gasteiger partial charge in [-0.2, -0.15) is 5.26 Å². The number of carbonyl (C=O) groups is 1. The van der Waals surface area contributed by atoms with Gasteiger partial charge in [0.15, 0.2) is 0 Å². The van der Waals surface area contributed by atoms with E-state index in [-0.39, 0.29) is 12.0 Å². The van der Waals surface area contributed by atoms with Crippen molar-refractivity contribution in [3.63, 3.8) is 0 Å². The largest absolute Gasteiger partial charge is 0.376 e. The summed E-state index contributed by atoms with van der Waals surface area (Å²) in [4.78, 5) is 13.5. The summed E-state index contributed by atoms with van der Waals surface area (Å²) in [5, 5.41) is 8.68. The van der Waals surface area contributed by atoms with E-state index in [0.29, 0.717) is 13.1 Å². The van der Waals surface area contributed by atoms with Gasteiger partial charge in [-0.3, -0.25) is 4.79 Å². The molecule has 0 radical (unpaired) electrons. The maximum absolute atomic E-state index is 11.7. The second kappa shape index (κ2) is 5.72. The van der Waals surface area contributed by atoms with Crippen LogP contribution in [0, 0.1) is 17.2 Å². The third-order valence-electron chi connectivity index (χ3n) is 2.71. The third kappa shape index (κ3) is 3.21. The Morgan fingerprint density at radius 3 is 2.93 bits per heavy atom. The Hall–Kier alpha value is -1.08. The minimum Gasteiger partial charge on any atom is -0.376 e. The third-order valence-corrected chi connectivity index (χ3v) is 2.71. The molecule has 15 heavy (non-hydrogen) atoms. The predicted molar refractivity (Wildman–Crippen MR) is 56.0 cm³/mol. The van der Waals surface area contributed by atoms with Gasteiger partial charge >= 0.3 is 0 Å². The number of carbonyl (C=O) groups excluding carboxylic acids is 1. The van der Waals surface area contributed by atoms with Crippen molar-refractivity contribution < 1.29 is 9.53 Å². The number of nitriles is 1. The quantitative estimate of drug-likeness (QED) is 0.700. The number of hydrogen-bond acceptors (Lipinski definition) is 3. The second-order valence-corrected chi connectivity index (χ2v) is 3.86. The van der Waals surface area contributed by atoms with Crippen molar-refractivity contribution in [2.24, 2.45) is 5.92 Å². The van der Waals surface area contributed by atoms with Crippen molar-refractivity contribution >= 4 is 5.91 Å². The van der Waals surface area contributed by atoms with Crippen LogP contribution in [0.2, 0.25) is 0 Å². The number of likely N-dealkylation sites (N-methyl/N-ethyl adjacent to an activating group) is 1. The SMILES string of the molecule is CCN(CC1CCCO1)C(=O)C(C)C#N. The average Bonchev–Trinajstić information content (AvgIpc) is 2.76. The van der Waals surface area contributed by atoms with Gasteiger partial charge < -0.3 is 9.64 Å². The maximum Gasteiger partial charge on any atom is 0.239 e. The molecule has 1 heterocycles. The minimum absolute atomic E-state index is 0.0875. The van der Waals surface area contributed by atoms with Crippen LogP contribution in [-0.2, 0) is 9.53 Å². The van der Waals surface area contributed by atoms with E-state index >= 15 is 0 Å². The molecule has 0 aromatic heterocycles. The Morgan fingerprint density at radius 2 is 2.47 bits per heavy atom. The van der Waals surface area contributed by atoms with Crippen LogP contribution in [0.3, 0.4) is 0 Å². The predicted octanol–water partition coefficient (Wildman–Crippen LogP) is 1.17. The highest BCUT2D eigenvalue weighted by Gasteiger charge is 2.24. The maximum atomic E-state index is 11.7. The summed E-state index contributed by atoms with van der Waals surface area (Å²) in [6, 6.07) is 1.97. The van der Waals surface area contributed by atoms with Gasteiger partial charge in [0.05, 0.1) is 12.2 Å². The van der Waals surface area contributed by atoms with E-state index in [4.69, 9.17) is 10.00 Å². The number of rotatable bonds is 4. The Bertz CT molecular complexity index is 254. The molecule has 0 aliphatic carbocycles. The van der Waals surface area contributed by atoms with Crippen LogP contribution in [0.1, 0.15) is 26.7 Å². The van der Waals surface area contributed by atoms with Gasteiger partial charge in [-0.15, -0.1) is 0 Å². The summed E-state index contributed by atoms with van der Waals surface area (Å²) in [5.41, 5.74) is 0. The highest BCUT2D eigenvalue weighted by Crippen LogP contribution is 2.14. The average molecular weight is 210 g/mol. The summed E-state index contributed by atoms with van der Waals surface area (Å²) in [6.45, 7) is 5.63. The van der Waals surface area contributed by atoms with E-state index in [2.05, 4.69) is 0 Å². The Kier molecular flexibility index (Phi) is 4.57. The minimum atomic E-state index is -0.550. The van der Waals surface area contributed by atoms with Gasteiger partial charge in [0.25, 0.3) is 0 Å². The lowest BCUT2D eigenvalue weighted by molar-refractivity contribution is -0.134. The fourth-order valence-corrected chi connectivity index (χ4v) is 1.74. The monoisotopic (exact) mass is 210 g/mol. The van der Waals surface area contributed by atoms with Gasteiger partial charge in [0.2, 0.25) is 5.91 Å². The van der Waals surface area contributed by atoms with Gasteiger partial charge in [-0.25, -0.2) is 0 Å². The van der Waals surface area contributed by atoms with E-state index in [0.717, 1.165) is 19.4 Å². The fourth-order valence-electron chi connectivity index (χ4n) is 1.74. The first kappa shape index (κ1) is 12.0. The van der Waals surface area contributed by atoms with E-state index < -0.39 is 5.92 Å². The zero-order valence-electron chi connectivity index (χ0n) is 9.40. The molecule has 84 valence electrons. The van der Waals surface area contributed by atoms with Crippen molar-refractivity contribution in [3.05, 3.63) is 0 Å². The summed E-state index contributed by atoms with van der Waals surface area (Å²) >= 11 is 0. The first-order valence-electron chi connectivity index (χ1n) is 5.49. The van der Waals surface area contributed by atoms with Crippen molar-refractivity contribution in [1.29, 1.82) is 5.26 Å². The van der Waals surface area contributed by atoms with Crippen LogP contribution in [0.25, 0.3) is 0 Å². The van der Waals surface area contributed by atoms with E-state index in [1.54, 1.807) is 11.8 Å². The van der Waals surface area contributed by atoms with E-state index in [1.165, 1.54) is 0 Å². The van der Waals surface area contributed by atoms with E-state index in [9.17, 15) is 4.79 Å². The smallest absolute Gasteiger partial charge is 0.239 e. The summed E-state index contributed by atoms with van der Waals surface area (Å²) in [6.07, 6.45) is 2.26. The van der Waals surface area contributed by atoms with E-state index in [1.807, 2.05) is 13.0 Å². The molecule has 2 unspecified atom stereocenters. The molecule has 0 spiro atoms. The zero-order chi connectivity index (χ0) is 11.3. The highest BCUT2D eigenvalue weighted by molar-refractivity contribution is 5.80. The second-order valence-electron chi connectivity index (χ2n) is 3.86. The van der Waals surface area contributed by atoms with Crippen LogP contribution in [0.15, 0.2) is 0 Å². The van der Waals surface area contributed by atoms with Crippen molar-refractivity contribution in [2.75, 3.05) is 19.7 Å². The summed E-state index contributed by atoms with van der Waals surface area (Å²) in [7, 11) is 0. The molecule has 1 fully saturated rings. The Labute approximate surface area is 90.8 Å². The molecule has 1 amide bonds. The Balaban J connectivity index is 2.47. The van der Waals surface area contributed by atoms with Crippen molar-refractivity contribution in [1.82, 2.24) is 4.90 Å². The molecule has 1 saturated heterocycles. The van der Waals surface area contributed by atoms with Gasteiger partial charge in [-0.1, -0.05) is 0 Å². The van der Waals surface area contributed by atoms with Crippen LogP contribution in [-0.4, -0.2) is 36.6 Å². The molecular formula is C11H18N2O2. The van der Waals surface area contributed by atoms with Crippen LogP contribution >= 0.6 is 0 Å². The molecule has 4 nitrogen and oxygen atoms in total. The van der Waals surface area contributed by atoms with Crippen molar-refractivity contribution in [2.45, 2.75) is 32.8 Å². The first-order chi connectivity index (χ1) is 7.19. The lowest BCUT2D eigenvalue weighted by atomic mass is 10.1. The summed E-state index contributed by atoms with van der Waals surface area (Å²) in [5.74, 6) is -0.637. The normalized spacial score (nSPS) is 22.1.